The highest BCUT2D eigenvalue weighted by molar-refractivity contribution is 5.87. The minimum Gasteiger partial charge on any atom is -0.364 e. The van der Waals surface area contributed by atoms with Gasteiger partial charge in [0.2, 0.25) is 0 Å². The van der Waals surface area contributed by atoms with Gasteiger partial charge in [0.25, 0.3) is 11.8 Å². The first kappa shape index (κ1) is 23.4. The molecule has 0 bridgehead atoms. The van der Waals surface area contributed by atoms with Crippen LogP contribution in [-0.4, -0.2) is 74.5 Å². The van der Waals surface area contributed by atoms with Gasteiger partial charge in [0.05, 0.1) is 0 Å². The van der Waals surface area contributed by atoms with Crippen molar-refractivity contribution in [3.8, 4) is 0 Å². The van der Waals surface area contributed by atoms with Crippen molar-refractivity contribution >= 4 is 11.8 Å². The summed E-state index contributed by atoms with van der Waals surface area (Å²) in [7, 11) is 0. The Morgan fingerprint density at radius 1 is 0.767 bits per heavy atom. The van der Waals surface area contributed by atoms with Gasteiger partial charge in [0.15, 0.2) is 11.2 Å². The monoisotopic (exact) mass is 424 g/mol. The summed E-state index contributed by atoms with van der Waals surface area (Å²) in [6.45, 7) is 11.6. The molecule has 8 heteroatoms. The van der Waals surface area contributed by atoms with Crippen molar-refractivity contribution < 1.29 is 19.1 Å². The van der Waals surface area contributed by atoms with E-state index in [1.807, 2.05) is 0 Å². The number of carbonyl (C=O) groups excluding carboxylic acids is 2. The highest BCUT2D eigenvalue weighted by Crippen LogP contribution is 2.28. The summed E-state index contributed by atoms with van der Waals surface area (Å²) in [4.78, 5) is 26.5. The van der Waals surface area contributed by atoms with E-state index in [-0.39, 0.29) is 35.7 Å². The molecule has 0 unspecified atom stereocenters. The molecule has 30 heavy (non-hydrogen) atoms. The lowest BCUT2D eigenvalue weighted by Crippen LogP contribution is -2.62. The molecule has 3 rings (SSSR count). The first-order valence-electron chi connectivity index (χ1n) is 11.6. The number of amides is 2. The fourth-order valence-corrected chi connectivity index (χ4v) is 4.56. The summed E-state index contributed by atoms with van der Waals surface area (Å²) >= 11 is 0. The largest absolute Gasteiger partial charge is 0.364 e. The molecule has 0 aromatic rings. The summed E-state index contributed by atoms with van der Waals surface area (Å²) in [5, 5.41) is 13.3. The van der Waals surface area contributed by atoms with Gasteiger partial charge in [-0.25, -0.2) is 0 Å². The number of carbonyl (C=O) groups is 2. The van der Waals surface area contributed by atoms with E-state index < -0.39 is 11.2 Å². The standard InChI is InChI=1S/C22H40N4O4/c1-15(2)17-11-23-13-22(8-6-10-30-22)20(28)26-18(16(3)4)12-24-14-21(19(27)25-17)7-5-9-29-21/h15-18,23-24H,5-14H2,1-4H3,(H,25,27)(H,26,28)/t17-,18-,21-,22-/m0/s1. The normalized spacial score (nSPS) is 37.0. The average Bonchev–Trinajstić information content (AvgIpc) is 3.36. The Hall–Kier alpha value is -1.22. The molecule has 3 heterocycles. The second kappa shape index (κ2) is 9.94. The third-order valence-electron chi connectivity index (χ3n) is 6.83. The Morgan fingerprint density at radius 2 is 1.17 bits per heavy atom. The van der Waals surface area contributed by atoms with E-state index in [1.165, 1.54) is 0 Å². The van der Waals surface area contributed by atoms with Crippen molar-refractivity contribution in [3.05, 3.63) is 0 Å². The van der Waals surface area contributed by atoms with Crippen LogP contribution in [0.4, 0.5) is 0 Å². The van der Waals surface area contributed by atoms with Crippen LogP contribution >= 0.6 is 0 Å². The summed E-state index contributed by atoms with van der Waals surface area (Å²) in [6.07, 6.45) is 3.17. The molecule has 3 fully saturated rings. The molecular weight excluding hydrogens is 384 g/mol. The maximum atomic E-state index is 13.2. The van der Waals surface area contributed by atoms with Crippen LogP contribution in [0.1, 0.15) is 53.4 Å². The van der Waals surface area contributed by atoms with Gasteiger partial charge in [-0.15, -0.1) is 0 Å². The van der Waals surface area contributed by atoms with Crippen LogP contribution in [-0.2, 0) is 19.1 Å². The number of hydrogen-bond donors (Lipinski definition) is 4. The van der Waals surface area contributed by atoms with Crippen molar-refractivity contribution in [3.63, 3.8) is 0 Å². The zero-order valence-electron chi connectivity index (χ0n) is 19.0. The molecule has 0 aliphatic carbocycles. The molecule has 4 atom stereocenters. The van der Waals surface area contributed by atoms with Crippen molar-refractivity contribution in [1.82, 2.24) is 21.3 Å². The van der Waals surface area contributed by atoms with E-state index in [2.05, 4.69) is 49.0 Å². The zero-order valence-corrected chi connectivity index (χ0v) is 19.0. The first-order valence-corrected chi connectivity index (χ1v) is 11.6. The first-order chi connectivity index (χ1) is 14.3. The minimum absolute atomic E-state index is 0.0398. The second-order valence-corrected chi connectivity index (χ2v) is 9.80. The van der Waals surface area contributed by atoms with Gasteiger partial charge in [0.1, 0.15) is 0 Å². The zero-order chi connectivity index (χ0) is 21.8. The molecular formula is C22H40N4O4. The summed E-state index contributed by atoms with van der Waals surface area (Å²) in [6, 6.07) is -0.0992. The van der Waals surface area contributed by atoms with Gasteiger partial charge in [-0.2, -0.15) is 0 Å². The molecule has 172 valence electrons. The molecule has 4 N–H and O–H groups in total. The summed E-state index contributed by atoms with van der Waals surface area (Å²) in [5.74, 6) is 0.421. The van der Waals surface area contributed by atoms with E-state index in [0.717, 1.165) is 12.8 Å². The van der Waals surface area contributed by atoms with Gasteiger partial charge in [-0.05, 0) is 37.5 Å². The third-order valence-corrected chi connectivity index (χ3v) is 6.83. The molecule has 0 saturated carbocycles. The number of rotatable bonds is 2. The smallest absolute Gasteiger partial charge is 0.253 e. The Labute approximate surface area is 180 Å². The van der Waals surface area contributed by atoms with Crippen LogP contribution in [0.15, 0.2) is 0 Å². The van der Waals surface area contributed by atoms with Crippen LogP contribution in [0.3, 0.4) is 0 Å². The minimum atomic E-state index is -0.835. The second-order valence-electron chi connectivity index (χ2n) is 9.80. The molecule has 2 spiro atoms. The maximum absolute atomic E-state index is 13.2. The highest BCUT2D eigenvalue weighted by Gasteiger charge is 2.45. The average molecular weight is 425 g/mol. The molecule has 3 saturated heterocycles. The predicted octanol–water partition coefficient (Wildman–Crippen LogP) is 0.559. The van der Waals surface area contributed by atoms with Crippen LogP contribution in [0.2, 0.25) is 0 Å². The van der Waals surface area contributed by atoms with Gasteiger partial charge in [0, 0.05) is 51.5 Å². The molecule has 3 aliphatic rings. The van der Waals surface area contributed by atoms with Crippen LogP contribution in [0, 0.1) is 11.8 Å². The molecule has 0 aromatic carbocycles. The third kappa shape index (κ3) is 5.15. The molecule has 2 amide bonds. The quantitative estimate of drug-likeness (QED) is 0.517. The number of ether oxygens (including phenoxy) is 2. The van der Waals surface area contributed by atoms with Crippen LogP contribution in [0.25, 0.3) is 0 Å². The fraction of sp³-hybridized carbons (Fsp3) is 0.909. The lowest BCUT2D eigenvalue weighted by atomic mass is 9.94. The van der Waals surface area contributed by atoms with Gasteiger partial charge in [-0.3, -0.25) is 9.59 Å². The van der Waals surface area contributed by atoms with Gasteiger partial charge < -0.3 is 30.7 Å². The fourth-order valence-electron chi connectivity index (χ4n) is 4.56. The van der Waals surface area contributed by atoms with Crippen molar-refractivity contribution in [1.29, 1.82) is 0 Å². The SMILES string of the molecule is CC(C)[C@@H]1CNC[C@@]2(CCCO2)C(=O)N[C@H](C(C)C)CNC[C@@]2(CCCO2)C(=O)N1. The van der Waals surface area contributed by atoms with E-state index in [0.29, 0.717) is 52.2 Å². The lowest BCUT2D eigenvalue weighted by molar-refractivity contribution is -0.144. The van der Waals surface area contributed by atoms with E-state index >= 15 is 0 Å². The van der Waals surface area contributed by atoms with E-state index in [4.69, 9.17) is 9.47 Å². The molecule has 8 nitrogen and oxygen atoms in total. The molecule has 0 radical (unpaired) electrons. The Kier molecular flexibility index (Phi) is 7.76. The van der Waals surface area contributed by atoms with Crippen molar-refractivity contribution in [2.45, 2.75) is 76.7 Å². The van der Waals surface area contributed by atoms with Crippen LogP contribution < -0.4 is 21.3 Å². The lowest BCUT2D eigenvalue weighted by Gasteiger charge is -2.35. The topological polar surface area (TPSA) is 101 Å². The summed E-state index contributed by atoms with van der Waals surface area (Å²) in [5.41, 5.74) is -1.67. The van der Waals surface area contributed by atoms with Crippen molar-refractivity contribution in [2.75, 3.05) is 39.4 Å². The number of nitrogens with one attached hydrogen (secondary N) is 4. The van der Waals surface area contributed by atoms with Crippen LogP contribution in [0.5, 0.6) is 0 Å². The molecule has 3 aliphatic heterocycles. The van der Waals surface area contributed by atoms with E-state index in [1.54, 1.807) is 0 Å². The van der Waals surface area contributed by atoms with Crippen molar-refractivity contribution in [2.24, 2.45) is 11.8 Å². The Bertz CT molecular complexity index is 546. The highest BCUT2D eigenvalue weighted by atomic mass is 16.5. The van der Waals surface area contributed by atoms with Gasteiger partial charge in [-0.1, -0.05) is 27.7 Å². The molecule has 0 aromatic heterocycles. The van der Waals surface area contributed by atoms with Gasteiger partial charge >= 0.3 is 0 Å². The van der Waals surface area contributed by atoms with E-state index in [9.17, 15) is 9.59 Å². The Morgan fingerprint density at radius 3 is 1.47 bits per heavy atom. The predicted molar refractivity (Wildman–Crippen MR) is 115 cm³/mol. The Balaban J connectivity index is 1.81. The summed E-state index contributed by atoms with van der Waals surface area (Å²) < 4.78 is 11.9. The maximum Gasteiger partial charge on any atom is 0.253 e. The number of hydrogen-bond acceptors (Lipinski definition) is 6.